The van der Waals surface area contributed by atoms with Gasteiger partial charge in [-0.3, -0.25) is 4.79 Å². The van der Waals surface area contributed by atoms with Crippen LogP contribution in [0, 0.1) is 11.7 Å². The van der Waals surface area contributed by atoms with E-state index < -0.39 is 0 Å². The molecule has 3 aromatic rings. The molecule has 152 valence electrons. The van der Waals surface area contributed by atoms with E-state index in [2.05, 4.69) is 32.1 Å². The van der Waals surface area contributed by atoms with E-state index in [0.717, 1.165) is 39.4 Å². The Morgan fingerprint density at radius 2 is 2.03 bits per heavy atom. The third-order valence-electron chi connectivity index (χ3n) is 4.94. The molecule has 1 fully saturated rings. The van der Waals surface area contributed by atoms with Crippen molar-refractivity contribution in [3.05, 3.63) is 42.0 Å². The number of carbonyl (C=O) groups is 1. The number of hydrogen-bond donors (Lipinski definition) is 1. The minimum absolute atomic E-state index is 0.0964. The molecule has 0 spiro atoms. The second-order valence-electron chi connectivity index (χ2n) is 7.19. The van der Waals surface area contributed by atoms with E-state index >= 15 is 0 Å². The van der Waals surface area contributed by atoms with Crippen molar-refractivity contribution >= 4 is 44.5 Å². The topological polar surface area (TPSA) is 71.0 Å². The first-order valence-corrected chi connectivity index (χ1v) is 11.4. The van der Waals surface area contributed by atoms with Crippen molar-refractivity contribution in [1.29, 1.82) is 0 Å². The molecular formula is C20H22FN5OS2. The molecule has 29 heavy (non-hydrogen) atoms. The molecule has 9 heteroatoms. The van der Waals surface area contributed by atoms with E-state index in [4.69, 9.17) is 0 Å². The molecule has 0 atom stereocenters. The lowest BCUT2D eigenvalue weighted by Crippen LogP contribution is -2.32. The Balaban J connectivity index is 1.37. The van der Waals surface area contributed by atoms with Gasteiger partial charge in [0.15, 0.2) is 10.8 Å². The summed E-state index contributed by atoms with van der Waals surface area (Å²) >= 11 is 2.98. The number of amides is 1. The Bertz CT molecular complexity index is 986. The lowest BCUT2D eigenvalue weighted by Gasteiger charge is -2.29. The molecule has 0 saturated carbocycles. The molecule has 2 aromatic heterocycles. The molecule has 3 heterocycles. The van der Waals surface area contributed by atoms with Crippen LogP contribution >= 0.6 is 23.1 Å². The van der Waals surface area contributed by atoms with Gasteiger partial charge in [-0.05, 0) is 36.5 Å². The van der Waals surface area contributed by atoms with Crippen LogP contribution in [0.4, 0.5) is 9.52 Å². The zero-order valence-corrected chi connectivity index (χ0v) is 17.7. The van der Waals surface area contributed by atoms with Crippen molar-refractivity contribution in [3.63, 3.8) is 0 Å². The summed E-state index contributed by atoms with van der Waals surface area (Å²) in [6, 6.07) is 6.10. The lowest BCUT2D eigenvalue weighted by atomic mass is 10.00. The monoisotopic (exact) mass is 431 g/mol. The fourth-order valence-corrected chi connectivity index (χ4v) is 5.12. The number of nitrogens with one attached hydrogen (secondary N) is 1. The largest absolute Gasteiger partial charge is 0.351 e. The number of thiazole rings is 1. The minimum Gasteiger partial charge on any atom is -0.351 e. The quantitative estimate of drug-likeness (QED) is 0.472. The molecular weight excluding hydrogens is 409 g/mol. The Kier molecular flexibility index (Phi) is 6.25. The van der Waals surface area contributed by atoms with Crippen molar-refractivity contribution in [2.45, 2.75) is 31.3 Å². The van der Waals surface area contributed by atoms with E-state index in [0.29, 0.717) is 12.2 Å². The van der Waals surface area contributed by atoms with Gasteiger partial charge in [-0.2, -0.15) is 4.98 Å². The van der Waals surface area contributed by atoms with Gasteiger partial charge in [-0.25, -0.2) is 14.4 Å². The van der Waals surface area contributed by atoms with Crippen molar-refractivity contribution < 1.29 is 9.18 Å². The average Bonchev–Trinajstić information content (AvgIpc) is 3.17. The normalized spacial score (nSPS) is 15.0. The number of benzene rings is 1. The number of anilines is 1. The number of halogens is 1. The summed E-state index contributed by atoms with van der Waals surface area (Å²) in [6.07, 6.45) is 3.86. The SMILES string of the molecule is CC1CCN(c2nc3ncnc(SCC(=O)NCc4ccc(F)cc4)c3s2)CC1. The number of piperidine rings is 1. The number of hydrogen-bond acceptors (Lipinski definition) is 7. The Morgan fingerprint density at radius 3 is 2.79 bits per heavy atom. The average molecular weight is 432 g/mol. The molecule has 1 aliphatic rings. The van der Waals surface area contributed by atoms with Crippen LogP contribution in [-0.2, 0) is 11.3 Å². The maximum atomic E-state index is 12.9. The zero-order valence-electron chi connectivity index (χ0n) is 16.1. The summed E-state index contributed by atoms with van der Waals surface area (Å²) in [5.41, 5.74) is 1.55. The number of thioether (sulfide) groups is 1. The second-order valence-corrected chi connectivity index (χ2v) is 9.13. The summed E-state index contributed by atoms with van der Waals surface area (Å²) < 4.78 is 13.9. The smallest absolute Gasteiger partial charge is 0.230 e. The van der Waals surface area contributed by atoms with Gasteiger partial charge in [0, 0.05) is 19.6 Å². The summed E-state index contributed by atoms with van der Waals surface area (Å²) in [4.78, 5) is 27.9. The first-order chi connectivity index (χ1) is 14.1. The van der Waals surface area contributed by atoms with Gasteiger partial charge in [-0.1, -0.05) is 42.2 Å². The predicted molar refractivity (Wildman–Crippen MR) is 115 cm³/mol. The second kappa shape index (κ2) is 9.04. The molecule has 1 aromatic carbocycles. The van der Waals surface area contributed by atoms with E-state index in [9.17, 15) is 9.18 Å². The highest BCUT2D eigenvalue weighted by Crippen LogP contribution is 2.35. The van der Waals surface area contributed by atoms with Crippen LogP contribution in [0.1, 0.15) is 25.3 Å². The zero-order chi connectivity index (χ0) is 20.2. The van der Waals surface area contributed by atoms with Crippen LogP contribution < -0.4 is 10.2 Å². The number of carbonyl (C=O) groups excluding carboxylic acids is 1. The molecule has 0 aliphatic carbocycles. The molecule has 1 aliphatic heterocycles. The molecule has 0 bridgehead atoms. The maximum absolute atomic E-state index is 12.9. The fraction of sp³-hybridized carbons (Fsp3) is 0.400. The van der Waals surface area contributed by atoms with Crippen LogP contribution in [0.3, 0.4) is 0 Å². The van der Waals surface area contributed by atoms with Gasteiger partial charge in [0.1, 0.15) is 21.9 Å². The lowest BCUT2D eigenvalue weighted by molar-refractivity contribution is -0.118. The van der Waals surface area contributed by atoms with Crippen molar-refractivity contribution in [1.82, 2.24) is 20.3 Å². The van der Waals surface area contributed by atoms with Crippen LogP contribution in [0.15, 0.2) is 35.6 Å². The van der Waals surface area contributed by atoms with E-state index in [1.54, 1.807) is 23.5 Å². The molecule has 1 N–H and O–H groups in total. The maximum Gasteiger partial charge on any atom is 0.230 e. The van der Waals surface area contributed by atoms with Gasteiger partial charge >= 0.3 is 0 Å². The number of nitrogens with zero attached hydrogens (tertiary/aromatic N) is 4. The van der Waals surface area contributed by atoms with Crippen molar-refractivity contribution in [3.8, 4) is 0 Å². The van der Waals surface area contributed by atoms with Crippen molar-refractivity contribution in [2.75, 3.05) is 23.7 Å². The van der Waals surface area contributed by atoms with Gasteiger partial charge in [0.25, 0.3) is 0 Å². The molecule has 0 unspecified atom stereocenters. The summed E-state index contributed by atoms with van der Waals surface area (Å²) in [5, 5.41) is 4.61. The summed E-state index contributed by atoms with van der Waals surface area (Å²) in [7, 11) is 0. The molecule has 0 radical (unpaired) electrons. The predicted octanol–water partition coefficient (Wildman–Crippen LogP) is 3.87. The van der Waals surface area contributed by atoms with Gasteiger partial charge in [0.2, 0.25) is 5.91 Å². The molecule has 1 amide bonds. The van der Waals surface area contributed by atoms with Crippen LogP contribution in [0.2, 0.25) is 0 Å². The summed E-state index contributed by atoms with van der Waals surface area (Å²) in [5.74, 6) is 0.633. The Morgan fingerprint density at radius 1 is 1.28 bits per heavy atom. The number of fused-ring (bicyclic) bond motifs is 1. The molecule has 4 rings (SSSR count). The van der Waals surface area contributed by atoms with E-state index in [1.807, 2.05) is 0 Å². The number of rotatable bonds is 6. The van der Waals surface area contributed by atoms with Crippen LogP contribution in [0.25, 0.3) is 10.3 Å². The third kappa shape index (κ3) is 5.02. The molecule has 1 saturated heterocycles. The fourth-order valence-electron chi connectivity index (χ4n) is 3.15. The third-order valence-corrected chi connectivity index (χ3v) is 7.18. The number of aromatic nitrogens is 3. The summed E-state index contributed by atoms with van der Waals surface area (Å²) in [6.45, 7) is 4.69. The highest BCUT2D eigenvalue weighted by atomic mass is 32.2. The van der Waals surface area contributed by atoms with Crippen LogP contribution in [-0.4, -0.2) is 39.7 Å². The van der Waals surface area contributed by atoms with E-state index in [-0.39, 0.29) is 17.5 Å². The Labute approximate surface area is 177 Å². The molecule has 6 nitrogen and oxygen atoms in total. The van der Waals surface area contributed by atoms with Gasteiger partial charge in [-0.15, -0.1) is 0 Å². The van der Waals surface area contributed by atoms with Gasteiger partial charge in [0.05, 0.1) is 5.75 Å². The van der Waals surface area contributed by atoms with Crippen LogP contribution in [0.5, 0.6) is 0 Å². The highest BCUT2D eigenvalue weighted by Gasteiger charge is 2.20. The highest BCUT2D eigenvalue weighted by molar-refractivity contribution is 8.00. The van der Waals surface area contributed by atoms with E-state index in [1.165, 1.54) is 43.1 Å². The standard InChI is InChI=1S/C20H22FN5OS2/c1-13-6-8-26(9-7-13)20-25-18-17(29-20)19(24-12-23-18)28-11-16(27)22-10-14-2-4-15(21)5-3-14/h2-5,12-13H,6-11H2,1H3,(H,22,27). The minimum atomic E-state index is -0.286. The van der Waals surface area contributed by atoms with Crippen molar-refractivity contribution in [2.24, 2.45) is 5.92 Å². The van der Waals surface area contributed by atoms with Gasteiger partial charge < -0.3 is 10.2 Å². The Hall–Kier alpha value is -2.26. The first kappa shape index (κ1) is 20.0. The first-order valence-electron chi connectivity index (χ1n) is 9.59.